The highest BCUT2D eigenvalue weighted by Crippen LogP contribution is 2.21. The molecule has 6 nitrogen and oxygen atoms in total. The van der Waals surface area contributed by atoms with Crippen molar-refractivity contribution >= 4 is 27.8 Å². The molecule has 0 aliphatic heterocycles. The lowest BCUT2D eigenvalue weighted by molar-refractivity contribution is -0.137. The summed E-state index contributed by atoms with van der Waals surface area (Å²) in [6.45, 7) is 1.71. The first-order valence-corrected chi connectivity index (χ1v) is 7.53. The van der Waals surface area contributed by atoms with E-state index >= 15 is 0 Å². The zero-order valence-electron chi connectivity index (χ0n) is 11.9. The van der Waals surface area contributed by atoms with Gasteiger partial charge < -0.3 is 10.4 Å². The molecule has 1 amide bonds. The molecule has 1 aromatic heterocycles. The van der Waals surface area contributed by atoms with E-state index in [0.717, 1.165) is 10.0 Å². The fourth-order valence-corrected chi connectivity index (χ4v) is 2.49. The number of amides is 1. The molecule has 0 aliphatic rings. The maximum Gasteiger partial charge on any atom is 0.305 e. The summed E-state index contributed by atoms with van der Waals surface area (Å²) in [5.41, 5.74) is 0.734. The van der Waals surface area contributed by atoms with Gasteiger partial charge in [-0.3, -0.25) is 14.3 Å². The minimum absolute atomic E-state index is 0.186. The number of carbonyl (C=O) groups excluding carboxylic acids is 1. The van der Waals surface area contributed by atoms with E-state index in [4.69, 9.17) is 5.11 Å². The largest absolute Gasteiger partial charge is 0.481 e. The molecule has 1 aromatic carbocycles. The van der Waals surface area contributed by atoms with Crippen LogP contribution < -0.4 is 5.32 Å². The smallest absolute Gasteiger partial charge is 0.305 e. The fraction of sp³-hybridized carbons (Fsp3) is 0.267. The number of nitrogens with zero attached hydrogens (tertiary/aromatic N) is 2. The van der Waals surface area contributed by atoms with Gasteiger partial charge in [-0.25, -0.2) is 0 Å². The lowest BCUT2D eigenvalue weighted by Crippen LogP contribution is -2.35. The molecule has 0 spiro atoms. The number of halogens is 1. The normalized spacial score (nSPS) is 13.4. The summed E-state index contributed by atoms with van der Waals surface area (Å²) < 4.78 is 2.35. The van der Waals surface area contributed by atoms with Crippen LogP contribution in [0.3, 0.4) is 0 Å². The van der Waals surface area contributed by atoms with E-state index in [1.807, 2.05) is 6.07 Å². The van der Waals surface area contributed by atoms with Gasteiger partial charge in [0.15, 0.2) is 0 Å². The maximum atomic E-state index is 12.3. The Morgan fingerprint density at radius 2 is 2.18 bits per heavy atom. The van der Waals surface area contributed by atoms with Gasteiger partial charge >= 0.3 is 5.97 Å². The SMILES string of the molecule is CC(C(=O)NC(CC(=O)O)c1cccc(Br)c1)n1cccn1. The number of hydrogen-bond donors (Lipinski definition) is 2. The van der Waals surface area contributed by atoms with Crippen molar-refractivity contribution in [3.05, 3.63) is 52.8 Å². The average molecular weight is 366 g/mol. The number of nitrogens with one attached hydrogen (secondary N) is 1. The first kappa shape index (κ1) is 16.2. The summed E-state index contributed by atoms with van der Waals surface area (Å²) in [4.78, 5) is 23.4. The third kappa shape index (κ3) is 4.17. The predicted molar refractivity (Wildman–Crippen MR) is 84.2 cm³/mol. The number of carboxylic acid groups (broad SMARTS) is 1. The highest BCUT2D eigenvalue weighted by Gasteiger charge is 2.22. The molecule has 0 saturated heterocycles. The van der Waals surface area contributed by atoms with Gasteiger partial charge in [0, 0.05) is 16.9 Å². The molecule has 2 atom stereocenters. The number of hydrogen-bond acceptors (Lipinski definition) is 3. The Labute approximate surface area is 136 Å². The first-order chi connectivity index (χ1) is 10.5. The van der Waals surface area contributed by atoms with Crippen LogP contribution in [0.2, 0.25) is 0 Å². The van der Waals surface area contributed by atoms with Crippen molar-refractivity contribution in [1.82, 2.24) is 15.1 Å². The second-order valence-electron chi connectivity index (χ2n) is 4.88. The van der Waals surface area contributed by atoms with Gasteiger partial charge in [0.2, 0.25) is 5.91 Å². The van der Waals surface area contributed by atoms with Gasteiger partial charge in [-0.1, -0.05) is 28.1 Å². The Morgan fingerprint density at radius 1 is 1.41 bits per heavy atom. The van der Waals surface area contributed by atoms with Crippen LogP contribution in [-0.2, 0) is 9.59 Å². The van der Waals surface area contributed by atoms with Crippen LogP contribution in [0.25, 0.3) is 0 Å². The predicted octanol–water partition coefficient (Wildman–Crippen LogP) is 2.54. The molecule has 0 radical (unpaired) electrons. The van der Waals surface area contributed by atoms with E-state index in [0.29, 0.717) is 0 Å². The molecule has 0 aliphatic carbocycles. The van der Waals surface area contributed by atoms with Gasteiger partial charge in [0.1, 0.15) is 6.04 Å². The number of carboxylic acids is 1. The van der Waals surface area contributed by atoms with Gasteiger partial charge in [-0.05, 0) is 30.7 Å². The monoisotopic (exact) mass is 365 g/mol. The first-order valence-electron chi connectivity index (χ1n) is 6.74. The average Bonchev–Trinajstić information content (AvgIpc) is 2.99. The van der Waals surface area contributed by atoms with Gasteiger partial charge in [-0.15, -0.1) is 0 Å². The Hall–Kier alpha value is -2.15. The second kappa shape index (κ2) is 7.22. The van der Waals surface area contributed by atoms with Crippen molar-refractivity contribution in [3.63, 3.8) is 0 Å². The Bertz CT molecular complexity index is 658. The molecule has 0 fully saturated rings. The van der Waals surface area contributed by atoms with E-state index < -0.39 is 18.1 Å². The number of carbonyl (C=O) groups is 2. The number of aliphatic carboxylic acids is 1. The minimum atomic E-state index is -0.975. The maximum absolute atomic E-state index is 12.3. The highest BCUT2D eigenvalue weighted by atomic mass is 79.9. The quantitative estimate of drug-likeness (QED) is 0.823. The molecule has 7 heteroatoms. The second-order valence-corrected chi connectivity index (χ2v) is 5.79. The van der Waals surface area contributed by atoms with E-state index in [1.54, 1.807) is 43.6 Å². The zero-order chi connectivity index (χ0) is 16.1. The van der Waals surface area contributed by atoms with Gasteiger partial charge in [0.05, 0.1) is 12.5 Å². The van der Waals surface area contributed by atoms with E-state index in [2.05, 4.69) is 26.3 Å². The third-order valence-electron chi connectivity index (χ3n) is 3.25. The van der Waals surface area contributed by atoms with Crippen molar-refractivity contribution in [2.45, 2.75) is 25.4 Å². The van der Waals surface area contributed by atoms with E-state index in [-0.39, 0.29) is 12.3 Å². The van der Waals surface area contributed by atoms with E-state index in [9.17, 15) is 9.59 Å². The Kier molecular flexibility index (Phi) is 5.32. The summed E-state index contributed by atoms with van der Waals surface area (Å²) in [7, 11) is 0. The molecular weight excluding hydrogens is 350 g/mol. The van der Waals surface area contributed by atoms with Crippen LogP contribution >= 0.6 is 15.9 Å². The Balaban J connectivity index is 2.16. The van der Waals surface area contributed by atoms with Crippen LogP contribution in [-0.4, -0.2) is 26.8 Å². The van der Waals surface area contributed by atoms with Crippen molar-refractivity contribution in [2.75, 3.05) is 0 Å². The lowest BCUT2D eigenvalue weighted by atomic mass is 10.0. The summed E-state index contributed by atoms with van der Waals surface area (Å²) in [5, 5.41) is 15.9. The number of benzene rings is 1. The topological polar surface area (TPSA) is 84.2 Å². The van der Waals surface area contributed by atoms with Crippen LogP contribution in [0.4, 0.5) is 0 Å². The third-order valence-corrected chi connectivity index (χ3v) is 3.74. The van der Waals surface area contributed by atoms with Crippen LogP contribution in [0.5, 0.6) is 0 Å². The molecule has 22 heavy (non-hydrogen) atoms. The summed E-state index contributed by atoms with van der Waals surface area (Å²) in [6.07, 6.45) is 3.09. The molecular formula is C15H16BrN3O3. The fourth-order valence-electron chi connectivity index (χ4n) is 2.07. The molecule has 2 unspecified atom stereocenters. The summed E-state index contributed by atoms with van der Waals surface area (Å²) in [6, 6.07) is 7.85. The van der Waals surface area contributed by atoms with Crippen molar-refractivity contribution in [2.24, 2.45) is 0 Å². The van der Waals surface area contributed by atoms with Gasteiger partial charge in [0.25, 0.3) is 0 Å². The van der Waals surface area contributed by atoms with Crippen molar-refractivity contribution in [3.8, 4) is 0 Å². The zero-order valence-corrected chi connectivity index (χ0v) is 13.5. The van der Waals surface area contributed by atoms with Crippen molar-refractivity contribution < 1.29 is 14.7 Å². The molecule has 0 bridgehead atoms. The highest BCUT2D eigenvalue weighted by molar-refractivity contribution is 9.10. The number of rotatable bonds is 6. The minimum Gasteiger partial charge on any atom is -0.481 e. The van der Waals surface area contributed by atoms with Crippen LogP contribution in [0, 0.1) is 0 Å². The van der Waals surface area contributed by atoms with Gasteiger partial charge in [-0.2, -0.15) is 5.10 Å². The summed E-state index contributed by atoms with van der Waals surface area (Å²) >= 11 is 3.35. The molecule has 1 heterocycles. The molecule has 2 rings (SSSR count). The Morgan fingerprint density at radius 3 is 2.77 bits per heavy atom. The molecule has 2 aromatic rings. The number of aromatic nitrogens is 2. The molecule has 0 saturated carbocycles. The lowest BCUT2D eigenvalue weighted by Gasteiger charge is -2.20. The molecule has 2 N–H and O–H groups in total. The van der Waals surface area contributed by atoms with Crippen LogP contribution in [0.1, 0.15) is 31.0 Å². The summed E-state index contributed by atoms with van der Waals surface area (Å²) in [5.74, 6) is -1.26. The molecule has 116 valence electrons. The van der Waals surface area contributed by atoms with Crippen LogP contribution in [0.15, 0.2) is 47.2 Å². The van der Waals surface area contributed by atoms with Crippen molar-refractivity contribution in [1.29, 1.82) is 0 Å². The standard InChI is InChI=1S/C15H16BrN3O3/c1-10(19-7-3-6-17-19)15(22)18-13(9-14(20)21)11-4-2-5-12(16)8-11/h2-8,10,13H,9H2,1H3,(H,18,22)(H,20,21). The van der Waals surface area contributed by atoms with E-state index in [1.165, 1.54) is 4.68 Å².